The molecule has 0 spiro atoms. The van der Waals surface area contributed by atoms with Gasteiger partial charge in [0, 0.05) is 0 Å². The van der Waals surface area contributed by atoms with Gasteiger partial charge >= 0.3 is 0 Å². The SMILES string of the molecule is OC[C@H]1O[C@H](O)[C@H](O)[C@@H](O)[C@@H]1O[C@@H]1O[C@H](CO[C@H]2OC[C@@H](O[C@@H]3O[C@H](CO[C@H]4OC[C@@H](O)[C@H](O)[C@H]4O)[C@@H](O)[C@H](O)[C@H]3O)[C@H](O)[C@H]2O)[C@@H](O)[C@H](O)[C@H]1O. The van der Waals surface area contributed by atoms with Gasteiger partial charge in [0.2, 0.25) is 0 Å². The second kappa shape index (κ2) is 17.9. The summed E-state index contributed by atoms with van der Waals surface area (Å²) < 4.78 is 48.4. The summed E-state index contributed by atoms with van der Waals surface area (Å²) in [4.78, 5) is 0. The molecule has 24 nitrogen and oxygen atoms in total. The van der Waals surface area contributed by atoms with Gasteiger partial charge < -0.3 is 119 Å². The van der Waals surface area contributed by atoms with Crippen LogP contribution in [0.15, 0.2) is 0 Å². The summed E-state index contributed by atoms with van der Waals surface area (Å²) in [5, 5.41) is 153. The van der Waals surface area contributed by atoms with E-state index < -0.39 is 168 Å². The normalized spacial score (nSPS) is 53.5. The Morgan fingerprint density at radius 1 is 0.423 bits per heavy atom. The number of rotatable bonds is 11. The van der Waals surface area contributed by atoms with Gasteiger partial charge in [-0.1, -0.05) is 0 Å². The van der Waals surface area contributed by atoms with Gasteiger partial charge in [0.1, 0.15) is 110 Å². The minimum Gasteiger partial charge on any atom is -0.394 e. The minimum absolute atomic E-state index is 0.379. The molecule has 304 valence electrons. The topological polar surface area (TPSA) is 387 Å². The van der Waals surface area contributed by atoms with Crippen molar-refractivity contribution in [3.05, 3.63) is 0 Å². The van der Waals surface area contributed by atoms with Gasteiger partial charge in [-0.2, -0.15) is 0 Å². The van der Waals surface area contributed by atoms with Gasteiger partial charge in [-0.3, -0.25) is 0 Å². The van der Waals surface area contributed by atoms with Crippen LogP contribution >= 0.6 is 0 Å². The molecular weight excluding hydrogens is 720 g/mol. The summed E-state index contributed by atoms with van der Waals surface area (Å²) in [5.74, 6) is 0. The zero-order valence-electron chi connectivity index (χ0n) is 27.2. The average Bonchev–Trinajstić information content (AvgIpc) is 3.12. The molecular formula is C28H48O24. The molecule has 0 aromatic carbocycles. The molecule has 0 radical (unpaired) electrons. The fourth-order valence-electron chi connectivity index (χ4n) is 6.23. The molecule has 0 amide bonds. The Balaban J connectivity index is 1.14. The highest BCUT2D eigenvalue weighted by Gasteiger charge is 2.52. The second-order valence-electron chi connectivity index (χ2n) is 13.1. The highest BCUT2D eigenvalue weighted by Crippen LogP contribution is 2.31. The Kier molecular flexibility index (Phi) is 14.5. The quantitative estimate of drug-likeness (QED) is 0.0927. The summed E-state index contributed by atoms with van der Waals surface area (Å²) in [7, 11) is 0. The second-order valence-corrected chi connectivity index (χ2v) is 13.1. The first-order valence-corrected chi connectivity index (χ1v) is 16.4. The van der Waals surface area contributed by atoms with Crippen molar-refractivity contribution in [1.82, 2.24) is 0 Å². The van der Waals surface area contributed by atoms with Crippen molar-refractivity contribution in [3.63, 3.8) is 0 Å². The molecule has 5 aliphatic rings. The Hall–Kier alpha value is -0.960. The van der Waals surface area contributed by atoms with E-state index in [9.17, 15) is 76.6 Å². The third-order valence-electron chi connectivity index (χ3n) is 9.51. The molecule has 5 rings (SSSR count). The lowest BCUT2D eigenvalue weighted by atomic mass is 9.97. The van der Waals surface area contributed by atoms with Crippen LogP contribution in [0.5, 0.6) is 0 Å². The Morgan fingerprint density at radius 3 is 1.44 bits per heavy atom. The van der Waals surface area contributed by atoms with E-state index in [0.717, 1.165) is 0 Å². The molecule has 52 heavy (non-hydrogen) atoms. The van der Waals surface area contributed by atoms with Gasteiger partial charge in [-0.15, -0.1) is 0 Å². The van der Waals surface area contributed by atoms with Crippen molar-refractivity contribution in [2.24, 2.45) is 0 Å². The van der Waals surface area contributed by atoms with Crippen molar-refractivity contribution in [2.45, 2.75) is 141 Å². The third-order valence-corrected chi connectivity index (χ3v) is 9.51. The maximum Gasteiger partial charge on any atom is 0.187 e. The molecule has 24 heteroatoms. The zero-order valence-corrected chi connectivity index (χ0v) is 27.2. The van der Waals surface area contributed by atoms with E-state index in [-0.39, 0.29) is 6.61 Å². The molecule has 0 aromatic rings. The van der Waals surface area contributed by atoms with Crippen LogP contribution in [0.1, 0.15) is 0 Å². The van der Waals surface area contributed by atoms with Crippen LogP contribution in [-0.4, -0.2) is 251 Å². The van der Waals surface area contributed by atoms with Gasteiger partial charge in [-0.05, 0) is 0 Å². The van der Waals surface area contributed by atoms with E-state index >= 15 is 0 Å². The summed E-state index contributed by atoms with van der Waals surface area (Å²) in [6.45, 7) is -2.97. The molecule has 0 unspecified atom stereocenters. The van der Waals surface area contributed by atoms with E-state index in [2.05, 4.69) is 0 Å². The lowest BCUT2D eigenvalue weighted by Crippen LogP contribution is -2.65. The average molecular weight is 769 g/mol. The molecule has 5 heterocycles. The summed E-state index contributed by atoms with van der Waals surface area (Å²) in [6.07, 6.45) is -39.1. The molecule has 0 saturated carbocycles. The van der Waals surface area contributed by atoms with Crippen molar-refractivity contribution >= 4 is 0 Å². The smallest absolute Gasteiger partial charge is 0.187 e. The molecule has 23 atom stereocenters. The molecule has 5 fully saturated rings. The largest absolute Gasteiger partial charge is 0.394 e. The van der Waals surface area contributed by atoms with Crippen LogP contribution in [0, 0.1) is 0 Å². The monoisotopic (exact) mass is 768 g/mol. The number of hydrogen-bond acceptors (Lipinski definition) is 24. The predicted octanol–water partition coefficient (Wildman–Crippen LogP) is -10.6. The van der Waals surface area contributed by atoms with Crippen LogP contribution in [0.2, 0.25) is 0 Å². The number of hydrogen-bond donors (Lipinski definition) is 15. The lowest BCUT2D eigenvalue weighted by Gasteiger charge is -2.46. The minimum atomic E-state index is -1.93. The Morgan fingerprint density at radius 2 is 0.904 bits per heavy atom. The van der Waals surface area contributed by atoms with Crippen LogP contribution in [0.4, 0.5) is 0 Å². The summed E-state index contributed by atoms with van der Waals surface area (Å²) >= 11 is 0. The highest BCUT2D eigenvalue weighted by atomic mass is 16.8. The van der Waals surface area contributed by atoms with Crippen LogP contribution in [0.3, 0.4) is 0 Å². The fraction of sp³-hybridized carbons (Fsp3) is 1.00. The van der Waals surface area contributed by atoms with Gasteiger partial charge in [0.15, 0.2) is 31.5 Å². The molecule has 0 aromatic heterocycles. The molecule has 5 saturated heterocycles. The van der Waals surface area contributed by atoms with Crippen LogP contribution < -0.4 is 0 Å². The first-order valence-electron chi connectivity index (χ1n) is 16.4. The van der Waals surface area contributed by atoms with Gasteiger partial charge in [0.25, 0.3) is 0 Å². The number of aliphatic hydroxyl groups is 15. The zero-order chi connectivity index (χ0) is 38.2. The van der Waals surface area contributed by atoms with Crippen molar-refractivity contribution in [1.29, 1.82) is 0 Å². The summed E-state index contributed by atoms with van der Waals surface area (Å²) in [5.41, 5.74) is 0. The van der Waals surface area contributed by atoms with Gasteiger partial charge in [0.05, 0.1) is 33.0 Å². The van der Waals surface area contributed by atoms with Gasteiger partial charge in [-0.25, -0.2) is 0 Å². The molecule has 0 bridgehead atoms. The lowest BCUT2D eigenvalue weighted by molar-refractivity contribution is -0.364. The Bertz CT molecular complexity index is 1110. The van der Waals surface area contributed by atoms with Crippen molar-refractivity contribution in [3.8, 4) is 0 Å². The fourth-order valence-corrected chi connectivity index (χ4v) is 6.23. The van der Waals surface area contributed by atoms with E-state index in [1.807, 2.05) is 0 Å². The molecule has 15 N–H and O–H groups in total. The summed E-state index contributed by atoms with van der Waals surface area (Å²) in [6, 6.07) is 0. The van der Waals surface area contributed by atoms with E-state index in [0.29, 0.717) is 0 Å². The number of ether oxygens (including phenoxy) is 9. The van der Waals surface area contributed by atoms with Crippen LogP contribution in [0.25, 0.3) is 0 Å². The standard InChI is InChI=1S/C28H48O24/c29-1-7-23(17(37)18(38)24(43)48-7)52-28-22(42)16(36)13(33)9(51-28)4-46-26-20(40)14(34)10(5-47-26)50-27-21(41)15(35)12(32)8(49-27)3-45-25-19(39)11(31)6(30)2-44-25/h6-43H,1-5H2/t6-,7-,8-,9-,10-,11+,12-,13-,14+,15+,16+,17-,18-,19-,20-,21-,22-,23-,24+,25-,26+,27+,28+/m1/s1. The molecule has 0 aliphatic carbocycles. The van der Waals surface area contributed by atoms with E-state index in [4.69, 9.17) is 42.6 Å². The van der Waals surface area contributed by atoms with Crippen molar-refractivity contribution < 1.29 is 119 Å². The third kappa shape index (κ3) is 8.86. The maximum atomic E-state index is 10.8. The van der Waals surface area contributed by atoms with Crippen LogP contribution in [-0.2, 0) is 42.6 Å². The first kappa shape index (κ1) is 42.2. The predicted molar refractivity (Wildman–Crippen MR) is 155 cm³/mol. The maximum absolute atomic E-state index is 10.8. The van der Waals surface area contributed by atoms with Crippen molar-refractivity contribution in [2.75, 3.05) is 33.0 Å². The first-order chi connectivity index (χ1) is 24.5. The Labute approximate surface area is 293 Å². The number of aliphatic hydroxyl groups excluding tert-OH is 15. The highest BCUT2D eigenvalue weighted by molar-refractivity contribution is 4.95. The van der Waals surface area contributed by atoms with E-state index in [1.165, 1.54) is 0 Å². The van der Waals surface area contributed by atoms with E-state index in [1.54, 1.807) is 0 Å². The molecule has 5 aliphatic heterocycles.